The summed E-state index contributed by atoms with van der Waals surface area (Å²) in [6.07, 6.45) is 1.03. The van der Waals surface area contributed by atoms with E-state index in [0.29, 0.717) is 0 Å². The molecule has 3 aromatic rings. The second-order valence-electron chi connectivity index (χ2n) is 8.73. The molecule has 10 heteroatoms. The van der Waals surface area contributed by atoms with Gasteiger partial charge in [0.25, 0.3) is 0 Å². The first kappa shape index (κ1) is 23.0. The summed E-state index contributed by atoms with van der Waals surface area (Å²) in [7, 11) is 0. The molecule has 1 unspecified atom stereocenters. The average Bonchev–Trinajstić information content (AvgIpc) is 3.46. The number of amides is 2. The third-order valence-electron chi connectivity index (χ3n) is 6.44. The van der Waals surface area contributed by atoms with E-state index >= 15 is 0 Å². The lowest BCUT2D eigenvalue weighted by molar-refractivity contribution is -0.182. The quantitative estimate of drug-likeness (QED) is 0.460. The van der Waals surface area contributed by atoms with Crippen molar-refractivity contribution in [1.82, 2.24) is 15.2 Å². The number of carboxylic acids is 1. The summed E-state index contributed by atoms with van der Waals surface area (Å²) < 4.78 is 5.57. The van der Waals surface area contributed by atoms with E-state index in [1.54, 1.807) is 11.7 Å². The Balaban J connectivity index is 1.27. The van der Waals surface area contributed by atoms with Crippen LogP contribution in [-0.2, 0) is 20.7 Å². The fourth-order valence-corrected chi connectivity index (χ4v) is 5.26. The van der Waals surface area contributed by atoms with E-state index in [9.17, 15) is 19.5 Å². The number of likely N-dealkylation sites (tertiary alicyclic amines) is 1. The van der Waals surface area contributed by atoms with E-state index in [1.165, 1.54) is 16.2 Å². The normalized spacial score (nSPS) is 16.5. The van der Waals surface area contributed by atoms with Gasteiger partial charge in [0.15, 0.2) is 5.60 Å². The van der Waals surface area contributed by atoms with E-state index in [-0.39, 0.29) is 32.0 Å². The van der Waals surface area contributed by atoms with Crippen LogP contribution in [0.1, 0.15) is 21.9 Å². The maximum atomic E-state index is 13.0. The van der Waals surface area contributed by atoms with Crippen molar-refractivity contribution >= 4 is 29.3 Å². The Labute approximate surface area is 205 Å². The van der Waals surface area contributed by atoms with Gasteiger partial charge >= 0.3 is 12.1 Å². The lowest BCUT2D eigenvalue weighted by atomic mass is 9.93. The van der Waals surface area contributed by atoms with Crippen LogP contribution < -0.4 is 5.32 Å². The zero-order chi connectivity index (χ0) is 24.6. The molecule has 9 nitrogen and oxygen atoms in total. The first-order valence-corrected chi connectivity index (χ1v) is 12.0. The van der Waals surface area contributed by atoms with Crippen LogP contribution in [-0.4, -0.2) is 69.4 Å². The maximum Gasteiger partial charge on any atom is 0.407 e. The zero-order valence-corrected chi connectivity index (χ0v) is 19.4. The fraction of sp³-hybridized carbons (Fsp3) is 0.280. The average molecular weight is 494 g/mol. The smallest absolute Gasteiger partial charge is 0.407 e. The molecule has 35 heavy (non-hydrogen) atoms. The number of hydrogen-bond donors (Lipinski definition) is 3. The summed E-state index contributed by atoms with van der Waals surface area (Å²) in [5.41, 5.74) is 4.03. The Hall–Kier alpha value is -3.76. The van der Waals surface area contributed by atoms with Crippen LogP contribution in [0.3, 0.4) is 0 Å². The first-order chi connectivity index (χ1) is 16.9. The van der Waals surface area contributed by atoms with E-state index in [4.69, 9.17) is 9.84 Å². The van der Waals surface area contributed by atoms with Crippen molar-refractivity contribution < 1.29 is 29.3 Å². The minimum Gasteiger partial charge on any atom is -0.479 e. The van der Waals surface area contributed by atoms with Crippen molar-refractivity contribution in [3.8, 4) is 11.1 Å². The number of nitrogens with zero attached hydrogens (tertiary/aromatic N) is 2. The zero-order valence-electron chi connectivity index (χ0n) is 18.6. The molecular weight excluding hydrogens is 470 g/mol. The number of aliphatic hydroxyl groups is 1. The molecule has 1 aliphatic heterocycles. The number of nitrogens with one attached hydrogen (secondary N) is 1. The molecular formula is C25H23N3O6S. The van der Waals surface area contributed by atoms with Gasteiger partial charge in [0.05, 0.1) is 18.6 Å². The summed E-state index contributed by atoms with van der Waals surface area (Å²) in [4.78, 5) is 43.0. The Bertz CT molecular complexity index is 1230. The monoisotopic (exact) mass is 493 g/mol. The molecule has 0 saturated carbocycles. The van der Waals surface area contributed by atoms with Crippen molar-refractivity contribution in [1.29, 1.82) is 0 Å². The highest BCUT2D eigenvalue weighted by Crippen LogP contribution is 2.44. The Morgan fingerprint density at radius 1 is 1.11 bits per heavy atom. The van der Waals surface area contributed by atoms with Crippen molar-refractivity contribution in [2.75, 3.05) is 19.7 Å². The van der Waals surface area contributed by atoms with Crippen molar-refractivity contribution in [3.63, 3.8) is 0 Å². The molecule has 0 spiro atoms. The topological polar surface area (TPSA) is 129 Å². The van der Waals surface area contributed by atoms with Gasteiger partial charge in [-0.1, -0.05) is 48.5 Å². The molecule has 2 amide bonds. The lowest BCUT2D eigenvalue weighted by Crippen LogP contribution is -2.69. The number of β-amino-alcohol motifs (C(OH)–C–C–N with tert-alkyl or cyclic N) is 1. The van der Waals surface area contributed by atoms with Gasteiger partial charge in [0.1, 0.15) is 12.6 Å². The lowest BCUT2D eigenvalue weighted by Gasteiger charge is -2.44. The number of alkyl carbamates (subject to hydrolysis) is 1. The number of ether oxygens (including phenoxy) is 1. The van der Waals surface area contributed by atoms with E-state index in [1.807, 2.05) is 48.5 Å². The summed E-state index contributed by atoms with van der Waals surface area (Å²) in [6.45, 7) is -0.580. The number of rotatable bonds is 7. The van der Waals surface area contributed by atoms with Crippen LogP contribution in [0.2, 0.25) is 0 Å². The standard InChI is InChI=1S/C25H23N3O6S/c29-22(28-12-25(33,13-28)23(30)31)21(9-15-10-26-14-35-15)27-24(32)34-11-20-18-7-3-1-5-16(18)17-6-2-4-8-19(17)20/h1-8,10,14,20-21,33H,9,11-13H2,(H,27,32)(H,30,31). The number of carboxylic acid groups (broad SMARTS) is 1. The highest BCUT2D eigenvalue weighted by Gasteiger charge is 2.51. The summed E-state index contributed by atoms with van der Waals surface area (Å²) >= 11 is 1.34. The second-order valence-corrected chi connectivity index (χ2v) is 9.70. The number of aliphatic carboxylic acids is 1. The van der Waals surface area contributed by atoms with Crippen LogP contribution in [0.25, 0.3) is 11.1 Å². The van der Waals surface area contributed by atoms with Crippen LogP contribution in [0.5, 0.6) is 0 Å². The minimum atomic E-state index is -1.96. The van der Waals surface area contributed by atoms with Crippen LogP contribution in [0.15, 0.2) is 60.2 Å². The maximum absolute atomic E-state index is 13.0. The predicted octanol–water partition coefficient (Wildman–Crippen LogP) is 2.25. The van der Waals surface area contributed by atoms with E-state index in [0.717, 1.165) is 27.1 Å². The molecule has 0 bridgehead atoms. The van der Waals surface area contributed by atoms with Gasteiger partial charge in [-0.3, -0.25) is 9.78 Å². The predicted molar refractivity (Wildman–Crippen MR) is 127 cm³/mol. The number of carbonyl (C=O) groups is 3. The molecule has 1 saturated heterocycles. The number of hydrogen-bond acceptors (Lipinski definition) is 7. The van der Waals surface area contributed by atoms with Gasteiger partial charge in [-0.25, -0.2) is 9.59 Å². The van der Waals surface area contributed by atoms with Crippen LogP contribution in [0.4, 0.5) is 4.79 Å². The van der Waals surface area contributed by atoms with Gasteiger partial charge in [-0.15, -0.1) is 11.3 Å². The van der Waals surface area contributed by atoms with Gasteiger partial charge < -0.3 is 25.2 Å². The van der Waals surface area contributed by atoms with Gasteiger partial charge in [0.2, 0.25) is 5.91 Å². The van der Waals surface area contributed by atoms with Crippen LogP contribution in [0, 0.1) is 0 Å². The van der Waals surface area contributed by atoms with Crippen molar-refractivity contribution in [3.05, 3.63) is 76.2 Å². The fourth-order valence-electron chi connectivity index (χ4n) is 4.62. The largest absolute Gasteiger partial charge is 0.479 e. The minimum absolute atomic E-state index is 0.101. The summed E-state index contributed by atoms with van der Waals surface area (Å²) in [5.74, 6) is -1.99. The Kier molecular flexibility index (Phi) is 6.00. The molecule has 2 heterocycles. The molecule has 0 radical (unpaired) electrons. The number of benzene rings is 2. The SMILES string of the molecule is O=C(NC(Cc1cncs1)C(=O)N1CC(O)(C(=O)O)C1)OCC1c2ccccc2-c2ccccc21. The molecule has 5 rings (SSSR count). The number of thiazole rings is 1. The summed E-state index contributed by atoms with van der Waals surface area (Å²) in [6, 6.07) is 15.0. The van der Waals surface area contributed by atoms with Gasteiger partial charge in [-0.05, 0) is 22.3 Å². The Morgan fingerprint density at radius 3 is 2.31 bits per heavy atom. The number of carbonyl (C=O) groups excluding carboxylic acids is 2. The molecule has 3 N–H and O–H groups in total. The third-order valence-corrected chi connectivity index (χ3v) is 7.24. The van der Waals surface area contributed by atoms with E-state index in [2.05, 4.69) is 10.3 Å². The highest BCUT2D eigenvalue weighted by molar-refractivity contribution is 7.09. The molecule has 1 aromatic heterocycles. The molecule has 1 fully saturated rings. The molecule has 1 atom stereocenters. The van der Waals surface area contributed by atoms with Crippen molar-refractivity contribution in [2.45, 2.75) is 24.0 Å². The second kappa shape index (κ2) is 9.12. The first-order valence-electron chi connectivity index (χ1n) is 11.1. The third kappa shape index (κ3) is 4.38. The highest BCUT2D eigenvalue weighted by atomic mass is 32.1. The Morgan fingerprint density at radius 2 is 1.74 bits per heavy atom. The number of fused-ring (bicyclic) bond motifs is 3. The summed E-state index contributed by atoms with van der Waals surface area (Å²) in [5, 5.41) is 21.7. The van der Waals surface area contributed by atoms with Gasteiger partial charge in [0, 0.05) is 23.4 Å². The van der Waals surface area contributed by atoms with Gasteiger partial charge in [-0.2, -0.15) is 0 Å². The molecule has 2 aliphatic rings. The van der Waals surface area contributed by atoms with Crippen LogP contribution >= 0.6 is 11.3 Å². The molecule has 1 aliphatic carbocycles. The van der Waals surface area contributed by atoms with Crippen molar-refractivity contribution in [2.24, 2.45) is 0 Å². The molecule has 2 aromatic carbocycles. The van der Waals surface area contributed by atoms with E-state index < -0.39 is 29.6 Å². The number of aromatic nitrogens is 1. The molecule has 180 valence electrons.